The zero-order chi connectivity index (χ0) is 15.7. The van der Waals surface area contributed by atoms with Crippen LogP contribution < -0.4 is 10.1 Å². The van der Waals surface area contributed by atoms with Gasteiger partial charge in [0.2, 0.25) is 0 Å². The van der Waals surface area contributed by atoms with E-state index in [9.17, 15) is 0 Å². The highest BCUT2D eigenvalue weighted by molar-refractivity contribution is 5.29. The highest BCUT2D eigenvalue weighted by atomic mass is 16.5. The van der Waals surface area contributed by atoms with Gasteiger partial charge in [0, 0.05) is 13.2 Å². The van der Waals surface area contributed by atoms with E-state index in [0.29, 0.717) is 6.04 Å². The minimum absolute atomic E-state index is 0.0711. The first-order chi connectivity index (χ1) is 10.0. The first-order valence-corrected chi connectivity index (χ1v) is 7.97. The first kappa shape index (κ1) is 18.0. The Morgan fingerprint density at radius 3 is 2.38 bits per heavy atom. The predicted molar refractivity (Wildman–Crippen MR) is 89.0 cm³/mol. The fraction of sp³-hybridized carbons (Fsp3) is 0.667. The summed E-state index contributed by atoms with van der Waals surface area (Å²) in [6.45, 7) is 7.23. The second kappa shape index (κ2) is 9.06. The third kappa shape index (κ3) is 6.49. The van der Waals surface area contributed by atoms with Crippen LogP contribution in [-0.4, -0.2) is 26.4 Å². The molecule has 0 aromatic heterocycles. The highest BCUT2D eigenvalue weighted by Crippen LogP contribution is 2.25. The van der Waals surface area contributed by atoms with Crippen molar-refractivity contribution in [2.24, 2.45) is 0 Å². The molecule has 1 atom stereocenters. The maximum atomic E-state index is 5.71. The van der Waals surface area contributed by atoms with E-state index >= 15 is 0 Å². The largest absolute Gasteiger partial charge is 0.494 e. The number of hydrogen-bond acceptors (Lipinski definition) is 3. The van der Waals surface area contributed by atoms with Crippen LogP contribution in [0.3, 0.4) is 0 Å². The summed E-state index contributed by atoms with van der Waals surface area (Å²) < 4.78 is 11.2. The Labute approximate surface area is 130 Å². The molecule has 1 rings (SSSR count). The van der Waals surface area contributed by atoms with E-state index in [2.05, 4.69) is 50.4 Å². The van der Waals surface area contributed by atoms with Gasteiger partial charge in [-0.05, 0) is 57.9 Å². The maximum absolute atomic E-state index is 5.71. The quantitative estimate of drug-likeness (QED) is 0.651. The van der Waals surface area contributed by atoms with Gasteiger partial charge in [-0.1, -0.05) is 25.5 Å². The molecule has 0 radical (unpaired) electrons. The van der Waals surface area contributed by atoms with Crippen molar-refractivity contribution < 1.29 is 9.47 Å². The van der Waals surface area contributed by atoms with Crippen molar-refractivity contribution >= 4 is 0 Å². The second-order valence-corrected chi connectivity index (χ2v) is 6.11. The number of ether oxygens (including phenoxy) is 2. The van der Waals surface area contributed by atoms with Gasteiger partial charge in [-0.3, -0.25) is 0 Å². The van der Waals surface area contributed by atoms with Gasteiger partial charge in [-0.2, -0.15) is 0 Å². The predicted octanol–water partition coefficient (Wildman–Crippen LogP) is 4.33. The zero-order valence-electron chi connectivity index (χ0n) is 14.2. The number of rotatable bonds is 10. The monoisotopic (exact) mass is 293 g/mol. The number of benzene rings is 1. The molecule has 0 aliphatic rings. The highest BCUT2D eigenvalue weighted by Gasteiger charge is 2.19. The summed E-state index contributed by atoms with van der Waals surface area (Å²) in [6, 6.07) is 8.79. The Morgan fingerprint density at radius 1 is 1.19 bits per heavy atom. The summed E-state index contributed by atoms with van der Waals surface area (Å²) in [5, 5.41) is 3.39. The fourth-order valence-corrected chi connectivity index (χ4v) is 2.20. The van der Waals surface area contributed by atoms with Crippen LogP contribution in [0, 0.1) is 0 Å². The maximum Gasteiger partial charge on any atom is 0.119 e. The molecule has 1 aromatic carbocycles. The molecule has 3 nitrogen and oxygen atoms in total. The molecule has 1 aromatic rings. The molecule has 1 N–H and O–H groups in total. The molecule has 0 amide bonds. The lowest BCUT2D eigenvalue weighted by atomic mass is 9.95. The molecule has 3 heteroatoms. The van der Waals surface area contributed by atoms with E-state index in [1.54, 1.807) is 7.11 Å². The fourth-order valence-electron chi connectivity index (χ4n) is 2.20. The van der Waals surface area contributed by atoms with Crippen LogP contribution in [0.1, 0.15) is 58.1 Å². The summed E-state index contributed by atoms with van der Waals surface area (Å²) in [6.07, 6.45) is 4.33. The molecule has 21 heavy (non-hydrogen) atoms. The van der Waals surface area contributed by atoms with E-state index in [0.717, 1.165) is 38.0 Å². The van der Waals surface area contributed by atoms with Crippen LogP contribution >= 0.6 is 0 Å². The van der Waals surface area contributed by atoms with Gasteiger partial charge >= 0.3 is 0 Å². The van der Waals surface area contributed by atoms with Gasteiger partial charge < -0.3 is 14.8 Å². The van der Waals surface area contributed by atoms with E-state index < -0.39 is 0 Å². The molecular formula is C18H31NO2. The Balaban J connectivity index is 2.56. The smallest absolute Gasteiger partial charge is 0.119 e. The number of methoxy groups -OCH3 is 1. The molecule has 0 spiro atoms. The third-order valence-corrected chi connectivity index (χ3v) is 3.99. The lowest BCUT2D eigenvalue weighted by molar-refractivity contribution is 0.0118. The van der Waals surface area contributed by atoms with Gasteiger partial charge in [0.05, 0.1) is 12.2 Å². The SMILES string of the molecule is CCCCOc1ccc(C(CCC(C)(C)OC)NC)cc1. The van der Waals surface area contributed by atoms with Crippen molar-refractivity contribution in [2.45, 2.75) is 58.1 Å². The van der Waals surface area contributed by atoms with Crippen molar-refractivity contribution in [3.8, 4) is 5.75 Å². The van der Waals surface area contributed by atoms with E-state index in [-0.39, 0.29) is 5.60 Å². The van der Waals surface area contributed by atoms with Crippen molar-refractivity contribution in [3.05, 3.63) is 29.8 Å². The van der Waals surface area contributed by atoms with E-state index in [4.69, 9.17) is 9.47 Å². The van der Waals surface area contributed by atoms with E-state index in [1.165, 1.54) is 5.56 Å². The lowest BCUT2D eigenvalue weighted by Gasteiger charge is -2.26. The summed E-state index contributed by atoms with van der Waals surface area (Å²) in [5.41, 5.74) is 1.23. The molecule has 120 valence electrons. The Kier molecular flexibility index (Phi) is 7.76. The Bertz CT molecular complexity index is 387. The van der Waals surface area contributed by atoms with Crippen molar-refractivity contribution in [1.82, 2.24) is 5.32 Å². The minimum Gasteiger partial charge on any atom is -0.494 e. The second-order valence-electron chi connectivity index (χ2n) is 6.11. The van der Waals surface area contributed by atoms with Gasteiger partial charge in [0.1, 0.15) is 5.75 Å². The Hall–Kier alpha value is -1.06. The van der Waals surface area contributed by atoms with E-state index in [1.807, 2.05) is 7.05 Å². The molecular weight excluding hydrogens is 262 g/mol. The Morgan fingerprint density at radius 2 is 1.86 bits per heavy atom. The van der Waals surface area contributed by atoms with Crippen LogP contribution in [0.4, 0.5) is 0 Å². The number of unbranched alkanes of at least 4 members (excludes halogenated alkanes) is 1. The molecule has 0 saturated heterocycles. The molecule has 0 saturated carbocycles. The summed E-state index contributed by atoms with van der Waals surface area (Å²) in [5.74, 6) is 0.958. The summed E-state index contributed by atoms with van der Waals surface area (Å²) in [4.78, 5) is 0. The number of nitrogens with one attached hydrogen (secondary N) is 1. The van der Waals surface area contributed by atoms with Crippen molar-refractivity contribution in [3.63, 3.8) is 0 Å². The topological polar surface area (TPSA) is 30.5 Å². The summed E-state index contributed by atoms with van der Waals surface area (Å²) in [7, 11) is 3.78. The minimum atomic E-state index is -0.0711. The third-order valence-electron chi connectivity index (χ3n) is 3.99. The number of hydrogen-bond donors (Lipinski definition) is 1. The summed E-state index contributed by atoms with van der Waals surface area (Å²) >= 11 is 0. The van der Waals surface area contributed by atoms with Gasteiger partial charge in [0.25, 0.3) is 0 Å². The molecule has 0 bridgehead atoms. The van der Waals surface area contributed by atoms with Crippen LogP contribution in [0.2, 0.25) is 0 Å². The lowest BCUT2D eigenvalue weighted by Crippen LogP contribution is -2.25. The van der Waals surface area contributed by atoms with Crippen LogP contribution in [0.25, 0.3) is 0 Å². The van der Waals surface area contributed by atoms with Crippen LogP contribution in [-0.2, 0) is 4.74 Å². The average Bonchev–Trinajstić information content (AvgIpc) is 2.49. The molecule has 0 aliphatic carbocycles. The van der Waals surface area contributed by atoms with Crippen LogP contribution in [0.5, 0.6) is 5.75 Å². The van der Waals surface area contributed by atoms with Gasteiger partial charge in [-0.15, -0.1) is 0 Å². The molecule has 0 aliphatic heterocycles. The molecule has 0 fully saturated rings. The molecule has 1 unspecified atom stereocenters. The van der Waals surface area contributed by atoms with Crippen molar-refractivity contribution in [1.29, 1.82) is 0 Å². The molecule has 0 heterocycles. The van der Waals surface area contributed by atoms with Gasteiger partial charge in [-0.25, -0.2) is 0 Å². The standard InChI is InChI=1S/C18H31NO2/c1-6-7-14-21-16-10-8-15(9-11-16)17(19-4)12-13-18(2,3)20-5/h8-11,17,19H,6-7,12-14H2,1-5H3. The average molecular weight is 293 g/mol. The first-order valence-electron chi connectivity index (χ1n) is 7.97. The normalized spacial score (nSPS) is 13.2. The van der Waals surface area contributed by atoms with Crippen molar-refractivity contribution in [2.75, 3.05) is 20.8 Å². The van der Waals surface area contributed by atoms with Gasteiger partial charge in [0.15, 0.2) is 0 Å². The van der Waals surface area contributed by atoms with Crippen LogP contribution in [0.15, 0.2) is 24.3 Å². The zero-order valence-corrected chi connectivity index (χ0v) is 14.2.